The molecule has 6 rings (SSSR count). The van der Waals surface area contributed by atoms with Crippen molar-refractivity contribution in [1.29, 1.82) is 0 Å². The number of benzene rings is 4. The Bertz CT molecular complexity index is 1210. The normalized spacial score (nSPS) is 19.6. The highest BCUT2D eigenvalue weighted by Gasteiger charge is 2.59. The maximum Gasteiger partial charge on any atom is 0.347 e. The number of carbonyl (C=O) groups is 2. The number of para-hydroxylation sites is 2. The summed E-state index contributed by atoms with van der Waals surface area (Å²) in [6.07, 6.45) is -1.22. The van der Waals surface area contributed by atoms with Crippen molar-refractivity contribution in [2.45, 2.75) is 12.3 Å². The first-order valence-electron chi connectivity index (χ1n) is 11.2. The molecule has 2 aliphatic rings. The Balaban J connectivity index is 1.56. The smallest absolute Gasteiger partial charge is 0.266 e. The fourth-order valence-electron chi connectivity index (χ4n) is 4.79. The average Bonchev–Trinajstić information content (AvgIpc) is 3.38. The Labute approximate surface area is 197 Å². The van der Waals surface area contributed by atoms with E-state index in [1.807, 2.05) is 121 Å². The maximum atomic E-state index is 14.1. The van der Waals surface area contributed by atoms with Gasteiger partial charge in [0, 0.05) is 11.4 Å². The highest BCUT2D eigenvalue weighted by Crippen LogP contribution is 2.49. The van der Waals surface area contributed by atoms with E-state index >= 15 is 0 Å². The number of urea groups is 2. The summed E-state index contributed by atoms with van der Waals surface area (Å²) in [6.45, 7) is 0. The van der Waals surface area contributed by atoms with Crippen LogP contribution in [0.5, 0.6) is 0 Å². The molecule has 2 fully saturated rings. The topological polar surface area (TPSA) is 47.1 Å². The zero-order chi connectivity index (χ0) is 23.1. The van der Waals surface area contributed by atoms with E-state index < -0.39 is 12.3 Å². The number of hydrazine groups is 1. The molecule has 2 saturated heterocycles. The van der Waals surface area contributed by atoms with Crippen molar-refractivity contribution >= 4 is 23.4 Å². The molecule has 0 aliphatic carbocycles. The largest absolute Gasteiger partial charge is 0.347 e. The molecule has 0 spiro atoms. The third kappa shape index (κ3) is 3.03. The Morgan fingerprint density at radius 2 is 0.706 bits per heavy atom. The molecule has 2 heterocycles. The summed E-state index contributed by atoms with van der Waals surface area (Å²) >= 11 is 0. The number of fused-ring (bicyclic) bond motifs is 1. The third-order valence-electron chi connectivity index (χ3n) is 6.25. The van der Waals surface area contributed by atoms with Gasteiger partial charge < -0.3 is 0 Å². The monoisotopic (exact) mass is 446 g/mol. The van der Waals surface area contributed by atoms with Crippen LogP contribution in [0.2, 0.25) is 0 Å². The number of nitrogens with zero attached hydrogens (tertiary/aromatic N) is 4. The van der Waals surface area contributed by atoms with Crippen molar-refractivity contribution in [1.82, 2.24) is 10.0 Å². The first kappa shape index (κ1) is 20.1. The van der Waals surface area contributed by atoms with Gasteiger partial charge in [0.15, 0.2) is 12.3 Å². The number of hydrogen-bond donors (Lipinski definition) is 0. The minimum atomic E-state index is -0.608. The minimum absolute atomic E-state index is 0.249. The number of amides is 4. The fourth-order valence-corrected chi connectivity index (χ4v) is 4.79. The highest BCUT2D eigenvalue weighted by molar-refractivity contribution is 6.05. The van der Waals surface area contributed by atoms with Gasteiger partial charge >= 0.3 is 12.1 Å². The molecule has 0 aromatic heterocycles. The first-order chi connectivity index (χ1) is 16.8. The van der Waals surface area contributed by atoms with Crippen LogP contribution in [0.25, 0.3) is 0 Å². The van der Waals surface area contributed by atoms with Gasteiger partial charge in [-0.1, -0.05) is 97.1 Å². The van der Waals surface area contributed by atoms with Crippen LogP contribution in [0, 0.1) is 0 Å². The van der Waals surface area contributed by atoms with Crippen LogP contribution >= 0.6 is 0 Å². The van der Waals surface area contributed by atoms with Crippen molar-refractivity contribution in [2.75, 3.05) is 9.80 Å². The van der Waals surface area contributed by atoms with E-state index in [1.165, 1.54) is 0 Å². The van der Waals surface area contributed by atoms with Crippen LogP contribution in [0.1, 0.15) is 23.5 Å². The van der Waals surface area contributed by atoms with Crippen molar-refractivity contribution < 1.29 is 9.59 Å². The van der Waals surface area contributed by atoms with Crippen LogP contribution in [-0.2, 0) is 0 Å². The van der Waals surface area contributed by atoms with E-state index in [9.17, 15) is 9.59 Å². The third-order valence-corrected chi connectivity index (χ3v) is 6.25. The van der Waals surface area contributed by atoms with E-state index in [4.69, 9.17) is 0 Å². The molecule has 0 bridgehead atoms. The van der Waals surface area contributed by atoms with Crippen LogP contribution in [0.3, 0.4) is 0 Å². The standard InChI is InChI=1S/C28H22N4O2/c33-27-29(23-17-9-3-10-18-23)25(21-13-5-1-6-14-21)31-28(34)30(24-19-11-4-12-20-24)26(32(27)31)22-15-7-2-8-16-22/h1-20,25-26H/t25-,26+. The van der Waals surface area contributed by atoms with Gasteiger partial charge in [-0.15, -0.1) is 0 Å². The quantitative estimate of drug-likeness (QED) is 0.376. The van der Waals surface area contributed by atoms with Gasteiger partial charge in [-0.3, -0.25) is 9.80 Å². The molecular weight excluding hydrogens is 424 g/mol. The predicted octanol–water partition coefficient (Wildman–Crippen LogP) is 6.18. The summed E-state index contributed by atoms with van der Waals surface area (Å²) in [4.78, 5) is 31.6. The van der Waals surface area contributed by atoms with Gasteiger partial charge in [-0.25, -0.2) is 19.6 Å². The van der Waals surface area contributed by atoms with Crippen molar-refractivity contribution in [3.8, 4) is 0 Å². The minimum Gasteiger partial charge on any atom is -0.266 e. The second-order valence-electron chi connectivity index (χ2n) is 8.23. The maximum absolute atomic E-state index is 14.1. The Morgan fingerprint density at radius 1 is 0.412 bits per heavy atom. The molecule has 0 saturated carbocycles. The zero-order valence-corrected chi connectivity index (χ0v) is 18.3. The SMILES string of the molecule is O=C1N(c2ccccc2)[C@H](c2ccccc2)N2C(=O)N(c3ccccc3)[C@@H](c3ccccc3)N12. The summed E-state index contributed by atoms with van der Waals surface area (Å²) in [5, 5.41) is 3.19. The Morgan fingerprint density at radius 3 is 1.03 bits per heavy atom. The van der Waals surface area contributed by atoms with Gasteiger partial charge in [-0.2, -0.15) is 0 Å². The van der Waals surface area contributed by atoms with Crippen molar-refractivity contribution in [3.05, 3.63) is 132 Å². The lowest BCUT2D eigenvalue weighted by atomic mass is 10.1. The van der Waals surface area contributed by atoms with Crippen LogP contribution in [0.4, 0.5) is 21.0 Å². The molecule has 6 heteroatoms. The molecule has 0 unspecified atom stereocenters. The molecule has 0 N–H and O–H groups in total. The first-order valence-corrected chi connectivity index (χ1v) is 11.2. The zero-order valence-electron chi connectivity index (χ0n) is 18.3. The molecule has 4 aromatic carbocycles. The molecule has 4 aromatic rings. The van der Waals surface area contributed by atoms with Gasteiger partial charge in [0.2, 0.25) is 0 Å². The lowest BCUT2D eigenvalue weighted by Crippen LogP contribution is -2.40. The van der Waals surface area contributed by atoms with E-state index in [2.05, 4.69) is 0 Å². The summed E-state index contributed by atoms with van der Waals surface area (Å²) < 4.78 is 0. The number of carbonyl (C=O) groups excluding carboxylic acids is 2. The molecule has 166 valence electrons. The van der Waals surface area contributed by atoms with E-state index in [1.54, 1.807) is 19.8 Å². The number of rotatable bonds is 4. The van der Waals surface area contributed by atoms with Gasteiger partial charge in [-0.05, 0) is 35.4 Å². The van der Waals surface area contributed by atoms with Crippen LogP contribution in [0.15, 0.2) is 121 Å². The lowest BCUT2D eigenvalue weighted by Gasteiger charge is -2.29. The second kappa shape index (κ2) is 8.08. The summed E-state index contributed by atoms with van der Waals surface area (Å²) in [6, 6.07) is 37.9. The van der Waals surface area contributed by atoms with E-state index in [0.29, 0.717) is 0 Å². The molecule has 34 heavy (non-hydrogen) atoms. The molecule has 4 amide bonds. The summed E-state index contributed by atoms with van der Waals surface area (Å²) in [5.41, 5.74) is 3.19. The number of hydrogen-bond acceptors (Lipinski definition) is 2. The predicted molar refractivity (Wildman–Crippen MR) is 131 cm³/mol. The van der Waals surface area contributed by atoms with Gasteiger partial charge in [0.05, 0.1) is 0 Å². The second-order valence-corrected chi connectivity index (χ2v) is 8.23. The van der Waals surface area contributed by atoms with Gasteiger partial charge in [0.1, 0.15) is 0 Å². The highest BCUT2D eigenvalue weighted by atomic mass is 16.2. The molecule has 2 aliphatic heterocycles. The molecular formula is C28H22N4O2. The van der Waals surface area contributed by atoms with Crippen molar-refractivity contribution in [2.24, 2.45) is 0 Å². The number of anilines is 2. The molecule has 0 radical (unpaired) electrons. The van der Waals surface area contributed by atoms with Crippen LogP contribution < -0.4 is 9.80 Å². The summed E-state index contributed by atoms with van der Waals surface area (Å²) in [5.74, 6) is 0. The van der Waals surface area contributed by atoms with Crippen LogP contribution in [-0.4, -0.2) is 22.1 Å². The molecule has 6 nitrogen and oxygen atoms in total. The molecule has 2 atom stereocenters. The van der Waals surface area contributed by atoms with E-state index in [-0.39, 0.29) is 12.1 Å². The van der Waals surface area contributed by atoms with Crippen molar-refractivity contribution in [3.63, 3.8) is 0 Å². The fraction of sp³-hybridized carbons (Fsp3) is 0.0714. The summed E-state index contributed by atoms with van der Waals surface area (Å²) in [7, 11) is 0. The van der Waals surface area contributed by atoms with E-state index in [0.717, 1.165) is 22.5 Å². The Kier molecular flexibility index (Phi) is 4.77. The van der Waals surface area contributed by atoms with Gasteiger partial charge in [0.25, 0.3) is 0 Å². The lowest BCUT2D eigenvalue weighted by molar-refractivity contribution is 0.0696. The Hall–Kier alpha value is -4.58. The average molecular weight is 447 g/mol.